The molecule has 0 radical (unpaired) electrons. The number of likely N-dealkylation sites (tertiary alicyclic amines) is 1. The summed E-state index contributed by atoms with van der Waals surface area (Å²) in [5.41, 5.74) is 2.46. The maximum atomic E-state index is 16.0. The highest BCUT2D eigenvalue weighted by Gasteiger charge is 2.42. The van der Waals surface area contributed by atoms with E-state index in [1.807, 2.05) is 18.0 Å². The summed E-state index contributed by atoms with van der Waals surface area (Å²) in [5, 5.41) is 25.2. The Bertz CT molecular complexity index is 1970. The summed E-state index contributed by atoms with van der Waals surface area (Å²) in [4.78, 5) is 10.5. The van der Waals surface area contributed by atoms with E-state index in [1.54, 1.807) is 6.07 Å². The van der Waals surface area contributed by atoms with Gasteiger partial charge in [0, 0.05) is 41.7 Å². The Morgan fingerprint density at radius 1 is 1.02 bits per heavy atom. The third-order valence-electron chi connectivity index (χ3n) is 10.3. The van der Waals surface area contributed by atoms with E-state index < -0.39 is 28.9 Å². The number of nitrogens with zero attached hydrogens (tertiary/aromatic N) is 6. The summed E-state index contributed by atoms with van der Waals surface area (Å²) in [7, 11) is 0. The Balaban J connectivity index is 1.56. The molecule has 2 N–H and O–H groups in total. The second-order valence-corrected chi connectivity index (χ2v) is 13.7. The van der Waals surface area contributed by atoms with Gasteiger partial charge in [-0.3, -0.25) is 0 Å². The molecule has 278 valence electrons. The highest BCUT2D eigenvalue weighted by molar-refractivity contribution is 5.80. The van der Waals surface area contributed by atoms with Gasteiger partial charge in [0.25, 0.3) is 0 Å². The van der Waals surface area contributed by atoms with Crippen LogP contribution >= 0.6 is 0 Å². The van der Waals surface area contributed by atoms with E-state index in [1.165, 1.54) is 31.7 Å². The number of aromatic nitrogens is 2. The maximum Gasteiger partial charge on any atom is 0.416 e. The fraction of sp³-hybridized carbons (Fsp3) is 0.400. The minimum atomic E-state index is -4.69. The molecule has 8 nitrogen and oxygen atoms in total. The number of hydrogen-bond acceptors (Lipinski definition) is 8. The lowest BCUT2D eigenvalue weighted by Gasteiger charge is -2.36. The Hall–Kier alpha value is -5.11. The molecule has 1 aromatic heterocycles. The van der Waals surface area contributed by atoms with Crippen LogP contribution in [0.25, 0.3) is 11.3 Å². The molecule has 0 spiro atoms. The molecule has 2 saturated heterocycles. The lowest BCUT2D eigenvalue weighted by Crippen LogP contribution is -2.49. The molecule has 2 aliphatic rings. The second kappa shape index (κ2) is 16.7. The molecule has 3 heterocycles. The number of alkyl halides is 3. The van der Waals surface area contributed by atoms with Crippen molar-refractivity contribution in [2.45, 2.75) is 76.9 Å². The van der Waals surface area contributed by atoms with Gasteiger partial charge in [0.15, 0.2) is 11.6 Å². The molecule has 13 heteroatoms. The third kappa shape index (κ3) is 8.59. The molecular weight excluding hydrogens is 687 g/mol. The SMILES string of the molecule is C=CNN1CCCC1(C)/C(C#N)=C(\Cc1ccc(CCCN2CCCCC2)c(F)c1F)C(=C)Nc1ccc(C(F)(F)F)cc1-c1ncnc(C#N)c1C. The predicted molar refractivity (Wildman–Crippen MR) is 194 cm³/mol. The molecule has 0 saturated carbocycles. The highest BCUT2D eigenvalue weighted by atomic mass is 19.4. The maximum absolute atomic E-state index is 16.0. The highest BCUT2D eigenvalue weighted by Crippen LogP contribution is 2.41. The van der Waals surface area contributed by atoms with Crippen LogP contribution in [-0.2, 0) is 19.0 Å². The molecule has 3 aromatic rings. The monoisotopic (exact) mass is 730 g/mol. The van der Waals surface area contributed by atoms with E-state index in [0.29, 0.717) is 32.2 Å². The summed E-state index contributed by atoms with van der Waals surface area (Å²) in [6.45, 7) is 14.7. The van der Waals surface area contributed by atoms with Gasteiger partial charge < -0.3 is 15.6 Å². The van der Waals surface area contributed by atoms with Crippen molar-refractivity contribution in [3.63, 3.8) is 0 Å². The van der Waals surface area contributed by atoms with Crippen molar-refractivity contribution < 1.29 is 22.0 Å². The molecule has 2 aliphatic heterocycles. The molecule has 1 unspecified atom stereocenters. The van der Waals surface area contributed by atoms with Crippen molar-refractivity contribution in [1.29, 1.82) is 10.5 Å². The summed E-state index contributed by atoms with van der Waals surface area (Å²) in [6, 6.07) is 10.3. The van der Waals surface area contributed by atoms with Crippen molar-refractivity contribution >= 4 is 5.69 Å². The van der Waals surface area contributed by atoms with E-state index in [0.717, 1.165) is 50.9 Å². The predicted octanol–water partition coefficient (Wildman–Crippen LogP) is 8.53. The number of nitriles is 2. The van der Waals surface area contributed by atoms with Crippen LogP contribution in [0.1, 0.15) is 73.4 Å². The minimum Gasteiger partial charge on any atom is -0.355 e. The Labute approximate surface area is 307 Å². The summed E-state index contributed by atoms with van der Waals surface area (Å²) < 4.78 is 73.5. The van der Waals surface area contributed by atoms with Gasteiger partial charge in [0.2, 0.25) is 0 Å². The van der Waals surface area contributed by atoms with Gasteiger partial charge in [0.05, 0.1) is 28.4 Å². The first kappa shape index (κ1) is 39.1. The van der Waals surface area contributed by atoms with Gasteiger partial charge >= 0.3 is 6.18 Å². The average molecular weight is 731 g/mol. The van der Waals surface area contributed by atoms with Crippen molar-refractivity contribution in [2.24, 2.45) is 0 Å². The summed E-state index contributed by atoms with van der Waals surface area (Å²) >= 11 is 0. The Morgan fingerprint density at radius 2 is 1.74 bits per heavy atom. The molecule has 53 heavy (non-hydrogen) atoms. The number of allylic oxidation sites excluding steroid dienone is 1. The first-order valence-corrected chi connectivity index (χ1v) is 17.7. The molecular formula is C40H43F5N8. The molecule has 1 atom stereocenters. The zero-order valence-electron chi connectivity index (χ0n) is 30.0. The molecule has 0 bridgehead atoms. The zero-order valence-corrected chi connectivity index (χ0v) is 30.0. The van der Waals surface area contributed by atoms with Crippen LogP contribution in [0.4, 0.5) is 27.6 Å². The van der Waals surface area contributed by atoms with Gasteiger partial charge in [-0.05, 0) is 107 Å². The lowest BCUT2D eigenvalue weighted by atomic mass is 9.83. The third-order valence-corrected chi connectivity index (χ3v) is 10.3. The van der Waals surface area contributed by atoms with Crippen LogP contribution in [0.5, 0.6) is 0 Å². The van der Waals surface area contributed by atoms with Crippen LogP contribution in [-0.4, -0.2) is 51.6 Å². The summed E-state index contributed by atoms with van der Waals surface area (Å²) in [5.74, 6) is -1.98. The standard InChI is InChI=1S/C40H43F5N8/c1-5-50-53-20-10-16-39(53,4)33(23-46)31(21-29-13-12-28(36(41)37(29)42)11-9-19-52-17-7-6-8-18-52)27(3)51-34-15-14-30(40(43,44)45)22-32(34)38-26(2)35(24-47)48-25-49-38/h5,12-15,22,25,50-51H,1,3,6-11,16-21H2,2,4H3/b33-31+. The first-order chi connectivity index (χ1) is 25.3. The normalized spacial score (nSPS) is 18.5. The van der Waals surface area contributed by atoms with Crippen LogP contribution in [0.2, 0.25) is 0 Å². The van der Waals surface area contributed by atoms with Gasteiger partial charge in [0.1, 0.15) is 18.1 Å². The Morgan fingerprint density at radius 3 is 2.42 bits per heavy atom. The van der Waals surface area contributed by atoms with Crippen LogP contribution in [0.15, 0.2) is 72.9 Å². The second-order valence-electron chi connectivity index (χ2n) is 13.7. The topological polar surface area (TPSA) is 104 Å². The summed E-state index contributed by atoms with van der Waals surface area (Å²) in [6.07, 6.45) is 3.42. The number of hydrogen-bond donors (Lipinski definition) is 2. The molecule has 0 amide bonds. The average Bonchev–Trinajstić information content (AvgIpc) is 3.51. The van der Waals surface area contributed by atoms with Gasteiger partial charge in [-0.15, -0.1) is 0 Å². The number of nitrogens with one attached hydrogen (secondary N) is 2. The molecule has 2 aromatic carbocycles. The quantitative estimate of drug-likeness (QED) is 0.103. The molecule has 0 aliphatic carbocycles. The van der Waals surface area contributed by atoms with E-state index >= 15 is 8.78 Å². The minimum absolute atomic E-state index is 0.00314. The zero-order chi connectivity index (χ0) is 38.3. The van der Waals surface area contributed by atoms with E-state index in [2.05, 4.69) is 44.8 Å². The van der Waals surface area contributed by atoms with Gasteiger partial charge in [-0.2, -0.15) is 23.7 Å². The number of benzene rings is 2. The largest absolute Gasteiger partial charge is 0.416 e. The number of halogens is 5. The number of rotatable bonds is 13. The van der Waals surface area contributed by atoms with E-state index in [-0.39, 0.29) is 62.6 Å². The van der Waals surface area contributed by atoms with Gasteiger partial charge in [-0.25, -0.2) is 23.8 Å². The fourth-order valence-electron chi connectivity index (χ4n) is 7.32. The van der Waals surface area contributed by atoms with Crippen LogP contribution < -0.4 is 10.7 Å². The fourth-order valence-corrected chi connectivity index (χ4v) is 7.32. The van der Waals surface area contributed by atoms with Crippen molar-refractivity contribution in [3.8, 4) is 23.4 Å². The van der Waals surface area contributed by atoms with Crippen LogP contribution in [0, 0.1) is 41.2 Å². The van der Waals surface area contributed by atoms with Crippen molar-refractivity contribution in [3.05, 3.63) is 112 Å². The van der Waals surface area contributed by atoms with Crippen molar-refractivity contribution in [2.75, 3.05) is 31.5 Å². The number of aryl methyl sites for hydroxylation is 1. The van der Waals surface area contributed by atoms with Crippen molar-refractivity contribution in [1.82, 2.24) is 25.3 Å². The van der Waals surface area contributed by atoms with Gasteiger partial charge in [-0.1, -0.05) is 31.7 Å². The number of piperidine rings is 1. The van der Waals surface area contributed by atoms with Crippen LogP contribution in [0.3, 0.4) is 0 Å². The lowest BCUT2D eigenvalue weighted by molar-refractivity contribution is -0.137. The number of hydrazine groups is 1. The Kier molecular flexibility index (Phi) is 12.3. The number of anilines is 1. The molecule has 5 rings (SSSR count). The van der Waals surface area contributed by atoms with E-state index in [4.69, 9.17) is 0 Å². The van der Waals surface area contributed by atoms with E-state index in [9.17, 15) is 23.7 Å². The molecule has 2 fully saturated rings. The smallest absolute Gasteiger partial charge is 0.355 e. The first-order valence-electron chi connectivity index (χ1n) is 17.7.